The van der Waals surface area contributed by atoms with E-state index in [2.05, 4.69) is 4.99 Å². The van der Waals surface area contributed by atoms with E-state index in [-0.39, 0.29) is 5.69 Å². The van der Waals surface area contributed by atoms with Crippen LogP contribution in [0.25, 0.3) is 11.0 Å². The number of benzene rings is 2. The number of hydrogen-bond donors (Lipinski definition) is 0. The number of para-hydroxylation sites is 2. The van der Waals surface area contributed by atoms with Crippen LogP contribution in [0.1, 0.15) is 5.69 Å². The Morgan fingerprint density at radius 2 is 1.83 bits per heavy atom. The molecule has 0 radical (unpaired) electrons. The van der Waals surface area contributed by atoms with Gasteiger partial charge in [0, 0.05) is 30.8 Å². The SMILES string of the molecule is CN(C)c1ccc(N=Cc2c[n+](=O)c3ccccc3n2[O-])cc1. The highest BCUT2D eigenvalue weighted by atomic mass is 16.5. The van der Waals surface area contributed by atoms with Crippen LogP contribution in [-0.2, 0) is 0 Å². The maximum Gasteiger partial charge on any atom is 0.286 e. The van der Waals surface area contributed by atoms with Crippen molar-refractivity contribution >= 4 is 28.6 Å². The van der Waals surface area contributed by atoms with Crippen molar-refractivity contribution in [2.45, 2.75) is 0 Å². The smallest absolute Gasteiger partial charge is 0.286 e. The summed E-state index contributed by atoms with van der Waals surface area (Å²) in [6.07, 6.45) is 2.63. The van der Waals surface area contributed by atoms with Gasteiger partial charge in [-0.3, -0.25) is 4.99 Å². The molecule has 3 aromatic rings. The van der Waals surface area contributed by atoms with Gasteiger partial charge in [0.25, 0.3) is 11.7 Å². The maximum absolute atomic E-state index is 12.3. The molecule has 0 aliphatic rings. The van der Waals surface area contributed by atoms with Gasteiger partial charge >= 0.3 is 0 Å². The number of hydrogen-bond acceptors (Lipinski definition) is 4. The molecule has 0 unspecified atom stereocenters. The highest BCUT2D eigenvalue weighted by Gasteiger charge is 2.09. The van der Waals surface area contributed by atoms with Crippen LogP contribution in [0.2, 0.25) is 0 Å². The number of nitrogens with zero attached hydrogens (tertiary/aromatic N) is 4. The van der Waals surface area contributed by atoms with Crippen molar-refractivity contribution in [2.24, 2.45) is 4.99 Å². The van der Waals surface area contributed by atoms with Gasteiger partial charge < -0.3 is 14.8 Å². The lowest BCUT2D eigenvalue weighted by molar-refractivity contribution is -0.464. The van der Waals surface area contributed by atoms with E-state index in [4.69, 9.17) is 0 Å². The predicted octanol–water partition coefficient (Wildman–Crippen LogP) is 2.72. The third kappa shape index (κ3) is 2.91. The van der Waals surface area contributed by atoms with E-state index in [1.807, 2.05) is 43.3 Å². The standard InChI is InChI=1S/C17H16N4O2/c1-19(2)14-9-7-13(8-10-14)18-11-15-12-20(22)16-5-3-4-6-17(16)21(15)23/h3-12H,1-2H3. The molecule has 3 rings (SSSR count). The zero-order valence-electron chi connectivity index (χ0n) is 12.9. The minimum atomic E-state index is 0.190. The van der Waals surface area contributed by atoms with Crippen molar-refractivity contribution in [3.63, 3.8) is 0 Å². The van der Waals surface area contributed by atoms with Gasteiger partial charge in [0.05, 0.1) is 16.3 Å². The molecular weight excluding hydrogens is 292 g/mol. The number of fused-ring (bicyclic) bond motifs is 1. The maximum atomic E-state index is 12.3. The monoisotopic (exact) mass is 308 g/mol. The van der Waals surface area contributed by atoms with Crippen LogP contribution in [0.5, 0.6) is 0 Å². The lowest BCUT2D eigenvalue weighted by Crippen LogP contribution is -2.19. The summed E-state index contributed by atoms with van der Waals surface area (Å²) in [4.78, 5) is 18.2. The molecule has 0 N–H and O–H groups in total. The molecule has 0 saturated carbocycles. The Hall–Kier alpha value is -3.15. The Labute approximate surface area is 133 Å². The number of rotatable bonds is 3. The lowest BCUT2D eigenvalue weighted by atomic mass is 10.2. The van der Waals surface area contributed by atoms with Crippen molar-refractivity contribution in [3.05, 3.63) is 70.5 Å². The Morgan fingerprint density at radius 3 is 2.52 bits per heavy atom. The van der Waals surface area contributed by atoms with Crippen LogP contribution in [0.4, 0.5) is 11.4 Å². The lowest BCUT2D eigenvalue weighted by Gasteiger charge is -2.14. The van der Waals surface area contributed by atoms with Crippen molar-refractivity contribution in [1.82, 2.24) is 4.73 Å². The average molecular weight is 308 g/mol. The Morgan fingerprint density at radius 1 is 1.13 bits per heavy atom. The van der Waals surface area contributed by atoms with E-state index in [1.54, 1.807) is 24.3 Å². The summed E-state index contributed by atoms with van der Waals surface area (Å²) in [5.41, 5.74) is 2.60. The molecule has 0 aliphatic heterocycles. The van der Waals surface area contributed by atoms with Gasteiger partial charge in [0.15, 0.2) is 0 Å². The summed E-state index contributed by atoms with van der Waals surface area (Å²) in [7, 11) is 3.92. The van der Waals surface area contributed by atoms with E-state index < -0.39 is 0 Å². The molecule has 0 bridgehead atoms. The highest BCUT2D eigenvalue weighted by molar-refractivity contribution is 5.83. The van der Waals surface area contributed by atoms with Crippen molar-refractivity contribution < 1.29 is 4.43 Å². The first-order valence-electron chi connectivity index (χ1n) is 7.12. The third-order valence-electron chi connectivity index (χ3n) is 3.53. The second-order valence-electron chi connectivity index (χ2n) is 5.33. The van der Waals surface area contributed by atoms with Crippen LogP contribution >= 0.6 is 0 Å². The first-order valence-corrected chi connectivity index (χ1v) is 7.12. The molecule has 2 aromatic carbocycles. The zero-order valence-corrected chi connectivity index (χ0v) is 12.9. The molecule has 6 nitrogen and oxygen atoms in total. The summed E-state index contributed by atoms with van der Waals surface area (Å²) in [5.74, 6) is 0. The normalized spacial score (nSPS) is 11.2. The number of aliphatic imine (C=N–C) groups is 1. The highest BCUT2D eigenvalue weighted by Crippen LogP contribution is 2.18. The van der Waals surface area contributed by atoms with Gasteiger partial charge in [0.1, 0.15) is 11.2 Å². The first kappa shape index (κ1) is 14.8. The first-order chi connectivity index (χ1) is 11.1. The van der Waals surface area contributed by atoms with Crippen LogP contribution in [0, 0.1) is 10.1 Å². The second kappa shape index (κ2) is 5.92. The fourth-order valence-corrected chi connectivity index (χ4v) is 2.27. The van der Waals surface area contributed by atoms with Gasteiger partial charge in [0.2, 0.25) is 0 Å². The Kier molecular flexibility index (Phi) is 3.80. The van der Waals surface area contributed by atoms with Crippen LogP contribution < -0.4 is 9.33 Å². The fraction of sp³-hybridized carbons (Fsp3) is 0.118. The van der Waals surface area contributed by atoms with Gasteiger partial charge in [-0.2, -0.15) is 0 Å². The molecule has 116 valence electrons. The summed E-state index contributed by atoms with van der Waals surface area (Å²) in [6.45, 7) is 0. The second-order valence-corrected chi connectivity index (χ2v) is 5.33. The van der Waals surface area contributed by atoms with Crippen molar-refractivity contribution in [1.29, 1.82) is 0 Å². The van der Waals surface area contributed by atoms with Crippen LogP contribution in [-0.4, -0.2) is 25.0 Å². The summed E-state index contributed by atoms with van der Waals surface area (Å²) in [5, 5.41) is 12.3. The average Bonchev–Trinajstić information content (AvgIpc) is 2.57. The minimum absolute atomic E-state index is 0.190. The van der Waals surface area contributed by atoms with E-state index in [0.29, 0.717) is 25.9 Å². The molecule has 0 fully saturated rings. The van der Waals surface area contributed by atoms with Crippen molar-refractivity contribution in [3.8, 4) is 0 Å². The van der Waals surface area contributed by atoms with Crippen molar-refractivity contribution in [2.75, 3.05) is 19.0 Å². The third-order valence-corrected chi connectivity index (χ3v) is 3.53. The van der Waals surface area contributed by atoms with E-state index >= 15 is 0 Å². The minimum Gasteiger partial charge on any atom is -0.805 e. The van der Waals surface area contributed by atoms with E-state index in [0.717, 1.165) is 5.69 Å². The molecule has 0 atom stereocenters. The van der Waals surface area contributed by atoms with Crippen LogP contribution in [0.3, 0.4) is 0 Å². The number of anilines is 1. The molecule has 1 aromatic heterocycles. The van der Waals surface area contributed by atoms with Gasteiger partial charge in [-0.15, -0.1) is 0 Å². The quantitative estimate of drug-likeness (QED) is 0.552. The Bertz CT molecular complexity index is 927. The topological polar surface area (TPSA) is 66.6 Å². The summed E-state index contributed by atoms with van der Waals surface area (Å²) < 4.78 is 1.39. The molecule has 1 heterocycles. The number of aromatic nitrogens is 2. The molecule has 0 spiro atoms. The molecule has 0 aliphatic carbocycles. The van der Waals surface area contributed by atoms with Gasteiger partial charge in [-0.25, -0.2) is 0 Å². The van der Waals surface area contributed by atoms with Gasteiger partial charge in [-0.05, 0) is 30.3 Å². The fourth-order valence-electron chi connectivity index (χ4n) is 2.27. The Balaban J connectivity index is 1.98. The van der Waals surface area contributed by atoms with E-state index in [9.17, 15) is 10.1 Å². The largest absolute Gasteiger partial charge is 0.805 e. The van der Waals surface area contributed by atoms with Gasteiger partial charge in [-0.1, -0.05) is 12.1 Å². The molecule has 0 amide bonds. The molecule has 6 heteroatoms. The molecule has 23 heavy (non-hydrogen) atoms. The predicted molar refractivity (Wildman–Crippen MR) is 92.1 cm³/mol. The zero-order chi connectivity index (χ0) is 16.4. The summed E-state index contributed by atoms with van der Waals surface area (Å²) >= 11 is 0. The van der Waals surface area contributed by atoms with Crippen LogP contribution in [0.15, 0.2) is 59.7 Å². The summed E-state index contributed by atoms with van der Waals surface area (Å²) in [6, 6.07) is 14.2. The molecular formula is C17H16N4O2. The molecule has 0 saturated heterocycles. The van der Waals surface area contributed by atoms with E-state index in [1.165, 1.54) is 12.4 Å².